The minimum absolute atomic E-state index is 0.141. The Balaban J connectivity index is 3.77. The third kappa shape index (κ3) is 7.68. The lowest BCUT2D eigenvalue weighted by atomic mass is 10.0. The van der Waals surface area contributed by atoms with Gasteiger partial charge in [0.25, 0.3) is 0 Å². The molecule has 3 N–H and O–H groups in total. The van der Waals surface area contributed by atoms with Gasteiger partial charge in [0.15, 0.2) is 0 Å². The number of carboxylic acid groups (broad SMARTS) is 1. The molecule has 0 aliphatic heterocycles. The van der Waals surface area contributed by atoms with Crippen molar-refractivity contribution in [2.24, 2.45) is 5.73 Å². The van der Waals surface area contributed by atoms with E-state index in [1.54, 1.807) is 11.8 Å². The lowest BCUT2D eigenvalue weighted by molar-refractivity contribution is -0.137. The first-order valence-corrected chi connectivity index (χ1v) is 6.50. The van der Waals surface area contributed by atoms with Crippen LogP contribution in [-0.2, 0) is 4.79 Å². The molecule has 0 amide bonds. The van der Waals surface area contributed by atoms with Gasteiger partial charge in [0, 0.05) is 10.5 Å². The molecule has 3 nitrogen and oxygen atoms in total. The highest BCUT2D eigenvalue weighted by atomic mass is 32.2. The van der Waals surface area contributed by atoms with Crippen LogP contribution >= 0.6 is 11.8 Å². The molecule has 0 saturated heterocycles. The monoisotopic (exact) mass is 233 g/mol. The van der Waals surface area contributed by atoms with Crippen LogP contribution in [0.3, 0.4) is 0 Å². The Morgan fingerprint density at radius 2 is 2.07 bits per heavy atom. The molecule has 0 rings (SSSR count). The topological polar surface area (TPSA) is 63.3 Å². The van der Waals surface area contributed by atoms with E-state index in [1.807, 2.05) is 0 Å². The number of rotatable bonds is 8. The number of hydrogen-bond donors (Lipinski definition) is 2. The summed E-state index contributed by atoms with van der Waals surface area (Å²) in [5.41, 5.74) is 5.46. The maximum absolute atomic E-state index is 10.5. The molecular formula is C11H23NO2S. The Labute approximate surface area is 96.8 Å². The molecule has 0 aromatic carbocycles. The zero-order valence-electron chi connectivity index (χ0n) is 9.95. The van der Waals surface area contributed by atoms with E-state index in [1.165, 1.54) is 19.3 Å². The maximum Gasteiger partial charge on any atom is 0.321 e. The zero-order chi connectivity index (χ0) is 11.9. The Kier molecular flexibility index (Phi) is 7.02. The van der Waals surface area contributed by atoms with E-state index < -0.39 is 12.0 Å². The van der Waals surface area contributed by atoms with Crippen LogP contribution in [0.4, 0.5) is 0 Å². The number of hydrogen-bond acceptors (Lipinski definition) is 3. The molecule has 4 heteroatoms. The fourth-order valence-corrected chi connectivity index (χ4v) is 2.32. The highest BCUT2D eigenvalue weighted by Gasteiger charge is 2.21. The first kappa shape index (κ1) is 14.8. The SMILES string of the molecule is CCCCCC(C)(C)SCC(N)C(=O)O. The van der Waals surface area contributed by atoms with Gasteiger partial charge in [-0.1, -0.05) is 40.0 Å². The molecule has 0 aliphatic rings. The summed E-state index contributed by atoms with van der Waals surface area (Å²) in [5, 5.41) is 8.65. The normalized spacial score (nSPS) is 13.9. The predicted molar refractivity (Wildman–Crippen MR) is 66.3 cm³/mol. The second-order valence-electron chi connectivity index (χ2n) is 4.47. The summed E-state index contributed by atoms with van der Waals surface area (Å²) in [6.07, 6.45) is 4.79. The van der Waals surface area contributed by atoms with Crippen molar-refractivity contribution in [3.05, 3.63) is 0 Å². The number of nitrogens with two attached hydrogens (primary N) is 1. The molecule has 0 fully saturated rings. The highest BCUT2D eigenvalue weighted by Crippen LogP contribution is 2.30. The first-order valence-electron chi connectivity index (χ1n) is 5.51. The molecule has 0 saturated carbocycles. The Morgan fingerprint density at radius 1 is 1.47 bits per heavy atom. The van der Waals surface area contributed by atoms with Gasteiger partial charge < -0.3 is 10.8 Å². The predicted octanol–water partition coefficient (Wildman–Crippen LogP) is 2.49. The van der Waals surface area contributed by atoms with Gasteiger partial charge in [0.05, 0.1) is 0 Å². The summed E-state index contributed by atoms with van der Waals surface area (Å²) in [5.74, 6) is -0.416. The van der Waals surface area contributed by atoms with Gasteiger partial charge in [-0.3, -0.25) is 4.79 Å². The average Bonchev–Trinajstić information content (AvgIpc) is 2.14. The standard InChI is InChI=1S/C11H23NO2S/c1-4-5-6-7-11(2,3)15-8-9(12)10(13)14/h9H,4-8,12H2,1-3H3,(H,13,14). The molecule has 0 heterocycles. The number of carbonyl (C=O) groups is 1. The van der Waals surface area contributed by atoms with E-state index in [4.69, 9.17) is 10.8 Å². The third-order valence-electron chi connectivity index (χ3n) is 2.35. The molecule has 0 aromatic heterocycles. The van der Waals surface area contributed by atoms with E-state index >= 15 is 0 Å². The first-order chi connectivity index (χ1) is 6.89. The smallest absolute Gasteiger partial charge is 0.321 e. The molecule has 1 unspecified atom stereocenters. The molecule has 1 atom stereocenters. The van der Waals surface area contributed by atoms with Crippen molar-refractivity contribution in [2.75, 3.05) is 5.75 Å². The Morgan fingerprint density at radius 3 is 2.53 bits per heavy atom. The largest absolute Gasteiger partial charge is 0.480 e. The molecule has 0 aromatic rings. The second kappa shape index (κ2) is 7.12. The van der Waals surface area contributed by atoms with Crippen LogP contribution in [0, 0.1) is 0 Å². The summed E-state index contributed by atoms with van der Waals surface area (Å²) in [7, 11) is 0. The van der Waals surface area contributed by atoms with Gasteiger partial charge in [-0.15, -0.1) is 0 Å². The Hall–Kier alpha value is -0.220. The minimum Gasteiger partial charge on any atom is -0.480 e. The van der Waals surface area contributed by atoms with Crippen LogP contribution in [0.25, 0.3) is 0 Å². The van der Waals surface area contributed by atoms with Gasteiger partial charge in [-0.25, -0.2) is 0 Å². The van der Waals surface area contributed by atoms with E-state index in [9.17, 15) is 4.79 Å². The van der Waals surface area contributed by atoms with Crippen LogP contribution in [0.15, 0.2) is 0 Å². The minimum atomic E-state index is -0.910. The molecule has 0 radical (unpaired) electrons. The maximum atomic E-state index is 10.5. The van der Waals surface area contributed by atoms with Gasteiger partial charge >= 0.3 is 5.97 Å². The van der Waals surface area contributed by atoms with Gasteiger partial charge in [0.1, 0.15) is 6.04 Å². The van der Waals surface area contributed by atoms with Crippen molar-refractivity contribution in [3.8, 4) is 0 Å². The summed E-state index contributed by atoms with van der Waals surface area (Å²) in [6, 6.07) is -0.736. The van der Waals surface area contributed by atoms with E-state index in [0.717, 1.165) is 6.42 Å². The average molecular weight is 233 g/mol. The summed E-state index contributed by atoms with van der Waals surface area (Å²) in [6.45, 7) is 6.49. The van der Waals surface area contributed by atoms with Crippen LogP contribution in [0.5, 0.6) is 0 Å². The molecule has 0 aliphatic carbocycles. The van der Waals surface area contributed by atoms with Crippen molar-refractivity contribution in [2.45, 2.75) is 57.2 Å². The summed E-state index contributed by atoms with van der Waals surface area (Å²) in [4.78, 5) is 10.5. The molecule has 0 spiro atoms. The fourth-order valence-electron chi connectivity index (χ4n) is 1.26. The van der Waals surface area contributed by atoms with Crippen molar-refractivity contribution in [3.63, 3.8) is 0 Å². The van der Waals surface area contributed by atoms with Crippen molar-refractivity contribution >= 4 is 17.7 Å². The van der Waals surface area contributed by atoms with Crippen molar-refractivity contribution in [1.82, 2.24) is 0 Å². The lowest BCUT2D eigenvalue weighted by Gasteiger charge is -2.24. The summed E-state index contributed by atoms with van der Waals surface area (Å²) < 4.78 is 0.141. The van der Waals surface area contributed by atoms with E-state index in [-0.39, 0.29) is 4.75 Å². The Bertz CT molecular complexity index is 195. The summed E-state index contributed by atoms with van der Waals surface area (Å²) >= 11 is 1.66. The van der Waals surface area contributed by atoms with Crippen LogP contribution in [0.1, 0.15) is 46.5 Å². The van der Waals surface area contributed by atoms with Crippen LogP contribution in [0.2, 0.25) is 0 Å². The van der Waals surface area contributed by atoms with Gasteiger partial charge in [0.2, 0.25) is 0 Å². The lowest BCUT2D eigenvalue weighted by Crippen LogP contribution is -2.34. The van der Waals surface area contributed by atoms with Gasteiger partial charge in [-0.05, 0) is 6.42 Å². The number of unbranched alkanes of at least 4 members (excludes halogenated alkanes) is 2. The van der Waals surface area contributed by atoms with Crippen molar-refractivity contribution < 1.29 is 9.90 Å². The van der Waals surface area contributed by atoms with Crippen molar-refractivity contribution in [1.29, 1.82) is 0 Å². The molecule has 0 bridgehead atoms. The van der Waals surface area contributed by atoms with Crippen LogP contribution < -0.4 is 5.73 Å². The number of carboxylic acids is 1. The van der Waals surface area contributed by atoms with Crippen LogP contribution in [-0.4, -0.2) is 27.6 Å². The molecular weight excluding hydrogens is 210 g/mol. The highest BCUT2D eigenvalue weighted by molar-refractivity contribution is 8.00. The zero-order valence-corrected chi connectivity index (χ0v) is 10.8. The van der Waals surface area contributed by atoms with E-state index in [2.05, 4.69) is 20.8 Å². The number of thioether (sulfide) groups is 1. The van der Waals surface area contributed by atoms with E-state index in [0.29, 0.717) is 5.75 Å². The molecule has 90 valence electrons. The quantitative estimate of drug-likeness (QED) is 0.632. The third-order valence-corrected chi connectivity index (χ3v) is 3.86. The number of aliphatic carboxylic acids is 1. The molecule has 15 heavy (non-hydrogen) atoms. The fraction of sp³-hybridized carbons (Fsp3) is 0.909. The second-order valence-corrected chi connectivity index (χ2v) is 6.20. The van der Waals surface area contributed by atoms with Gasteiger partial charge in [-0.2, -0.15) is 11.8 Å².